The van der Waals surface area contributed by atoms with Crippen LogP contribution in [-0.2, 0) is 0 Å². The highest BCUT2D eigenvalue weighted by atomic mass is 35.5. The number of hydrogen-bond donors (Lipinski definition) is 1. The minimum Gasteiger partial charge on any atom is -0.267 e. The van der Waals surface area contributed by atoms with E-state index in [9.17, 15) is 4.79 Å². The van der Waals surface area contributed by atoms with Crippen LogP contribution >= 0.6 is 11.6 Å². The summed E-state index contributed by atoms with van der Waals surface area (Å²) < 4.78 is 0. The van der Waals surface area contributed by atoms with Crippen molar-refractivity contribution in [2.45, 2.75) is 19.8 Å². The molecule has 0 radical (unpaired) electrons. The molecule has 4 heteroatoms. The fraction of sp³-hybridized carbons (Fsp3) is 0.176. The van der Waals surface area contributed by atoms with E-state index in [-0.39, 0.29) is 11.8 Å². The van der Waals surface area contributed by atoms with Gasteiger partial charge in [0, 0.05) is 12.1 Å². The van der Waals surface area contributed by atoms with Crippen LogP contribution in [0.2, 0.25) is 5.02 Å². The van der Waals surface area contributed by atoms with Crippen LogP contribution in [0, 0.1) is 6.92 Å². The van der Waals surface area contributed by atoms with Crippen LogP contribution in [0.15, 0.2) is 53.6 Å². The average Bonchev–Trinajstić information content (AvgIpc) is 2.47. The Labute approximate surface area is 129 Å². The Balaban J connectivity index is 1.99. The minimum atomic E-state index is -0.309. The fourth-order valence-electron chi connectivity index (χ4n) is 1.91. The first-order valence-corrected chi connectivity index (χ1v) is 7.10. The number of benzene rings is 2. The summed E-state index contributed by atoms with van der Waals surface area (Å²) in [5, 5.41) is 4.43. The van der Waals surface area contributed by atoms with Crippen molar-refractivity contribution in [1.82, 2.24) is 5.43 Å². The highest BCUT2D eigenvalue weighted by Crippen LogP contribution is 2.17. The van der Waals surface area contributed by atoms with E-state index in [2.05, 4.69) is 10.5 Å². The Bertz CT molecular complexity index is 653. The van der Waals surface area contributed by atoms with E-state index >= 15 is 0 Å². The predicted octanol–water partition coefficient (Wildman–Crippen LogP) is 4.17. The number of hydrogen-bond acceptors (Lipinski definition) is 2. The maximum atomic E-state index is 12.0. The van der Waals surface area contributed by atoms with Gasteiger partial charge in [-0.25, -0.2) is 5.43 Å². The molecule has 0 aliphatic carbocycles. The molecule has 0 fully saturated rings. The average molecular weight is 301 g/mol. The Morgan fingerprint density at radius 3 is 2.62 bits per heavy atom. The van der Waals surface area contributed by atoms with E-state index in [0.717, 1.165) is 11.1 Å². The van der Waals surface area contributed by atoms with E-state index < -0.39 is 0 Å². The van der Waals surface area contributed by atoms with Crippen LogP contribution in [-0.4, -0.2) is 12.1 Å². The molecule has 2 aromatic carbocycles. The summed E-state index contributed by atoms with van der Waals surface area (Å²) in [5.41, 5.74) is 5.08. The molecule has 0 aromatic heterocycles. The SMILES string of the molecule is Cc1ccc(C(=O)N/N=C\[C@H](C)c2ccccc2)c(Cl)c1. The number of amides is 1. The third-order valence-corrected chi connectivity index (χ3v) is 3.47. The number of rotatable bonds is 4. The second-order valence-electron chi connectivity index (χ2n) is 4.90. The lowest BCUT2D eigenvalue weighted by Crippen LogP contribution is -2.18. The van der Waals surface area contributed by atoms with Crippen molar-refractivity contribution in [3.05, 3.63) is 70.2 Å². The molecule has 0 aliphatic heterocycles. The first-order chi connectivity index (χ1) is 10.1. The number of halogens is 1. The van der Waals surface area contributed by atoms with Gasteiger partial charge in [-0.15, -0.1) is 0 Å². The van der Waals surface area contributed by atoms with Gasteiger partial charge in [0.15, 0.2) is 0 Å². The monoisotopic (exact) mass is 300 g/mol. The zero-order valence-corrected chi connectivity index (χ0v) is 12.8. The quantitative estimate of drug-likeness (QED) is 0.668. The molecule has 2 rings (SSSR count). The maximum absolute atomic E-state index is 12.0. The van der Waals surface area contributed by atoms with Gasteiger partial charge in [0.05, 0.1) is 10.6 Å². The van der Waals surface area contributed by atoms with E-state index in [4.69, 9.17) is 11.6 Å². The van der Waals surface area contributed by atoms with Crippen molar-refractivity contribution in [3.8, 4) is 0 Å². The summed E-state index contributed by atoms with van der Waals surface area (Å²) in [4.78, 5) is 12.0. The van der Waals surface area contributed by atoms with Gasteiger partial charge in [0.25, 0.3) is 5.91 Å². The number of nitrogens with zero attached hydrogens (tertiary/aromatic N) is 1. The van der Waals surface area contributed by atoms with Crippen LogP contribution in [0.4, 0.5) is 0 Å². The number of nitrogens with one attached hydrogen (secondary N) is 1. The highest BCUT2D eigenvalue weighted by Gasteiger charge is 2.09. The second kappa shape index (κ2) is 7.04. The molecule has 0 heterocycles. The van der Waals surface area contributed by atoms with Gasteiger partial charge in [0.1, 0.15) is 0 Å². The first-order valence-electron chi connectivity index (χ1n) is 6.72. The fourth-order valence-corrected chi connectivity index (χ4v) is 2.24. The van der Waals surface area contributed by atoms with Crippen molar-refractivity contribution >= 4 is 23.7 Å². The van der Waals surface area contributed by atoms with E-state index in [1.165, 1.54) is 0 Å². The minimum absolute atomic E-state index is 0.125. The van der Waals surface area contributed by atoms with Crippen molar-refractivity contribution < 1.29 is 4.79 Å². The van der Waals surface area contributed by atoms with Crippen LogP contribution in [0.1, 0.15) is 34.3 Å². The van der Waals surface area contributed by atoms with E-state index in [1.807, 2.05) is 50.2 Å². The van der Waals surface area contributed by atoms with Crippen molar-refractivity contribution in [2.75, 3.05) is 0 Å². The lowest BCUT2D eigenvalue weighted by molar-refractivity contribution is 0.0955. The molecular formula is C17H17ClN2O. The van der Waals surface area contributed by atoms with Gasteiger partial charge in [-0.1, -0.05) is 54.9 Å². The lowest BCUT2D eigenvalue weighted by atomic mass is 10.0. The zero-order valence-electron chi connectivity index (χ0n) is 12.0. The normalized spacial score (nSPS) is 12.3. The third-order valence-electron chi connectivity index (χ3n) is 3.16. The molecule has 1 atom stereocenters. The zero-order chi connectivity index (χ0) is 15.2. The standard InChI is InChI=1S/C17H17ClN2O/c1-12-8-9-15(16(18)10-12)17(21)20-19-11-13(2)14-6-4-3-5-7-14/h3-11,13H,1-2H3,(H,20,21)/b19-11-/t13-/m0/s1. The van der Waals surface area contributed by atoms with Gasteiger partial charge < -0.3 is 0 Å². The van der Waals surface area contributed by atoms with Gasteiger partial charge in [-0.05, 0) is 30.2 Å². The van der Waals surface area contributed by atoms with Crippen molar-refractivity contribution in [3.63, 3.8) is 0 Å². The molecule has 1 N–H and O–H groups in total. The summed E-state index contributed by atoms with van der Waals surface area (Å²) in [6.45, 7) is 3.94. The number of hydrazone groups is 1. The van der Waals surface area contributed by atoms with Crippen LogP contribution in [0.5, 0.6) is 0 Å². The van der Waals surface area contributed by atoms with Crippen molar-refractivity contribution in [1.29, 1.82) is 0 Å². The Morgan fingerprint density at radius 1 is 1.24 bits per heavy atom. The number of carbonyl (C=O) groups is 1. The Kier molecular flexibility index (Phi) is 5.12. The summed E-state index contributed by atoms with van der Waals surface area (Å²) in [7, 11) is 0. The van der Waals surface area contributed by atoms with E-state index in [0.29, 0.717) is 10.6 Å². The molecule has 0 spiro atoms. The number of carbonyl (C=O) groups excluding carboxylic acids is 1. The smallest absolute Gasteiger partial charge is 0.267 e. The number of aryl methyl sites for hydroxylation is 1. The molecule has 0 aliphatic rings. The maximum Gasteiger partial charge on any atom is 0.272 e. The molecule has 108 valence electrons. The molecule has 1 amide bonds. The molecule has 2 aromatic rings. The van der Waals surface area contributed by atoms with Crippen molar-refractivity contribution in [2.24, 2.45) is 5.10 Å². The molecule has 3 nitrogen and oxygen atoms in total. The van der Waals surface area contributed by atoms with Crippen LogP contribution < -0.4 is 5.43 Å². The first kappa shape index (κ1) is 15.3. The largest absolute Gasteiger partial charge is 0.272 e. The van der Waals surface area contributed by atoms with Crippen LogP contribution in [0.3, 0.4) is 0 Å². The van der Waals surface area contributed by atoms with Gasteiger partial charge in [0.2, 0.25) is 0 Å². The van der Waals surface area contributed by atoms with Crippen LogP contribution in [0.25, 0.3) is 0 Å². The molecule has 0 saturated heterocycles. The summed E-state index contributed by atoms with van der Waals surface area (Å²) in [5.74, 6) is -0.184. The molecular weight excluding hydrogens is 284 g/mol. The predicted molar refractivity (Wildman–Crippen MR) is 87.0 cm³/mol. The highest BCUT2D eigenvalue weighted by molar-refractivity contribution is 6.33. The van der Waals surface area contributed by atoms with Gasteiger partial charge >= 0.3 is 0 Å². The topological polar surface area (TPSA) is 41.5 Å². The summed E-state index contributed by atoms with van der Waals surface area (Å²) in [6, 6.07) is 15.3. The molecule has 0 saturated carbocycles. The summed E-state index contributed by atoms with van der Waals surface area (Å²) >= 11 is 6.05. The molecule has 21 heavy (non-hydrogen) atoms. The lowest BCUT2D eigenvalue weighted by Gasteiger charge is -2.06. The molecule has 0 bridgehead atoms. The third kappa shape index (κ3) is 4.17. The molecule has 0 unspecified atom stereocenters. The second-order valence-corrected chi connectivity index (χ2v) is 5.31. The Morgan fingerprint density at radius 2 is 1.95 bits per heavy atom. The van der Waals surface area contributed by atoms with Gasteiger partial charge in [-0.2, -0.15) is 5.10 Å². The Hall–Kier alpha value is -2.13. The van der Waals surface area contributed by atoms with Gasteiger partial charge in [-0.3, -0.25) is 4.79 Å². The van der Waals surface area contributed by atoms with E-state index in [1.54, 1.807) is 18.3 Å². The summed E-state index contributed by atoms with van der Waals surface area (Å²) in [6.07, 6.45) is 1.70.